The van der Waals surface area contributed by atoms with Gasteiger partial charge in [0.25, 0.3) is 0 Å². The first-order valence-electron chi connectivity index (χ1n) is 12.5. The van der Waals surface area contributed by atoms with Crippen LogP contribution in [0.2, 0.25) is 0 Å². The van der Waals surface area contributed by atoms with Crippen molar-refractivity contribution in [3.63, 3.8) is 0 Å². The van der Waals surface area contributed by atoms with E-state index in [0.29, 0.717) is 6.42 Å². The van der Waals surface area contributed by atoms with Crippen molar-refractivity contribution in [3.05, 3.63) is 95.7 Å². The number of carbonyl (C=O) groups excluding carboxylic acids is 1. The van der Waals surface area contributed by atoms with Gasteiger partial charge in [-0.3, -0.25) is 4.79 Å². The molecule has 5 heteroatoms. The molecular formula is C30H33N3O2. The number of ketones is 1. The molecule has 1 aliphatic heterocycles. The molecule has 5 nitrogen and oxygen atoms in total. The predicted octanol–water partition coefficient (Wildman–Crippen LogP) is 6.38. The number of benzene rings is 3. The molecule has 0 spiro atoms. The molecule has 3 unspecified atom stereocenters. The molecule has 0 bridgehead atoms. The van der Waals surface area contributed by atoms with Crippen LogP contribution in [0.25, 0.3) is 0 Å². The molecule has 2 N–H and O–H groups in total. The Balaban J connectivity index is 1.55. The number of fused-ring (bicyclic) bond motifs is 2. The normalized spacial score (nSPS) is 20.9. The second-order valence-corrected chi connectivity index (χ2v) is 9.21. The zero-order valence-electron chi connectivity index (χ0n) is 20.6. The minimum absolute atomic E-state index is 0.00676. The van der Waals surface area contributed by atoms with Crippen molar-refractivity contribution < 1.29 is 9.53 Å². The maximum Gasteiger partial charge on any atom is 0.145 e. The Morgan fingerprint density at radius 3 is 2.37 bits per heavy atom. The van der Waals surface area contributed by atoms with Crippen LogP contribution < -0.4 is 20.3 Å². The maximum absolute atomic E-state index is 13.8. The van der Waals surface area contributed by atoms with Gasteiger partial charge in [0.15, 0.2) is 0 Å². The fourth-order valence-electron chi connectivity index (χ4n) is 5.35. The quantitative estimate of drug-likeness (QED) is 0.441. The maximum atomic E-state index is 13.8. The smallest absolute Gasteiger partial charge is 0.145 e. The highest BCUT2D eigenvalue weighted by Crippen LogP contribution is 2.44. The summed E-state index contributed by atoms with van der Waals surface area (Å²) in [4.78, 5) is 16.1. The Labute approximate surface area is 207 Å². The lowest BCUT2D eigenvalue weighted by atomic mass is 9.76. The Bertz CT molecular complexity index is 1230. The highest BCUT2D eigenvalue weighted by Gasteiger charge is 2.39. The SMILES string of the molecule is CCN(CC)c1ccc(C2Nc3ccccc3NC3=CC(c4cccc(OC)c4)CC(=O)C32)cc1. The van der Waals surface area contributed by atoms with E-state index in [1.165, 1.54) is 5.69 Å². The zero-order chi connectivity index (χ0) is 24.4. The molecular weight excluding hydrogens is 434 g/mol. The third-order valence-corrected chi connectivity index (χ3v) is 7.24. The predicted molar refractivity (Wildman–Crippen MR) is 143 cm³/mol. The molecule has 0 saturated carbocycles. The highest BCUT2D eigenvalue weighted by molar-refractivity contribution is 5.90. The molecule has 3 aromatic rings. The third-order valence-electron chi connectivity index (χ3n) is 7.24. The summed E-state index contributed by atoms with van der Waals surface area (Å²) in [6.45, 7) is 6.27. The van der Waals surface area contributed by atoms with Crippen LogP contribution in [0.3, 0.4) is 0 Å². The summed E-state index contributed by atoms with van der Waals surface area (Å²) in [6.07, 6.45) is 2.71. The second-order valence-electron chi connectivity index (χ2n) is 9.21. The van der Waals surface area contributed by atoms with Gasteiger partial charge in [-0.05, 0) is 61.4 Å². The number of allylic oxidation sites excluding steroid dienone is 1. The second kappa shape index (κ2) is 9.87. The average molecular weight is 468 g/mol. The Kier molecular flexibility index (Phi) is 6.49. The van der Waals surface area contributed by atoms with E-state index < -0.39 is 0 Å². The number of hydrogen-bond donors (Lipinski definition) is 2. The van der Waals surface area contributed by atoms with E-state index in [-0.39, 0.29) is 23.7 Å². The lowest BCUT2D eigenvalue weighted by Crippen LogP contribution is -2.33. The van der Waals surface area contributed by atoms with Crippen LogP contribution in [0.1, 0.15) is 43.4 Å². The Morgan fingerprint density at radius 1 is 0.914 bits per heavy atom. The number of methoxy groups -OCH3 is 1. The first-order chi connectivity index (χ1) is 17.1. The fraction of sp³-hybridized carbons (Fsp3) is 0.300. The summed E-state index contributed by atoms with van der Waals surface area (Å²) in [6, 6.07) is 24.7. The largest absolute Gasteiger partial charge is 0.497 e. The average Bonchev–Trinajstić information content (AvgIpc) is 3.07. The van der Waals surface area contributed by atoms with E-state index in [0.717, 1.165) is 47.0 Å². The van der Waals surface area contributed by atoms with Gasteiger partial charge in [0.05, 0.1) is 30.4 Å². The minimum Gasteiger partial charge on any atom is -0.497 e. The van der Waals surface area contributed by atoms with Gasteiger partial charge in [0.2, 0.25) is 0 Å². The van der Waals surface area contributed by atoms with Gasteiger partial charge >= 0.3 is 0 Å². The summed E-state index contributed by atoms with van der Waals surface area (Å²) in [5.41, 5.74) is 6.37. The number of nitrogens with zero attached hydrogens (tertiary/aromatic N) is 1. The summed E-state index contributed by atoms with van der Waals surface area (Å²) in [5, 5.41) is 7.30. The molecule has 0 saturated heterocycles. The van der Waals surface area contributed by atoms with Crippen molar-refractivity contribution in [1.29, 1.82) is 0 Å². The Morgan fingerprint density at radius 2 is 1.66 bits per heavy atom. The minimum atomic E-state index is -0.288. The van der Waals surface area contributed by atoms with Crippen LogP contribution in [-0.2, 0) is 4.79 Å². The van der Waals surface area contributed by atoms with Gasteiger partial charge in [0, 0.05) is 36.8 Å². The summed E-state index contributed by atoms with van der Waals surface area (Å²) in [7, 11) is 1.67. The van der Waals surface area contributed by atoms with Crippen molar-refractivity contribution in [1.82, 2.24) is 0 Å². The molecule has 2 aliphatic rings. The number of rotatable bonds is 6. The van der Waals surface area contributed by atoms with Gasteiger partial charge in [-0.25, -0.2) is 0 Å². The first kappa shape index (κ1) is 23.0. The van der Waals surface area contributed by atoms with Crippen molar-refractivity contribution in [2.75, 3.05) is 35.7 Å². The highest BCUT2D eigenvalue weighted by atomic mass is 16.5. The molecule has 35 heavy (non-hydrogen) atoms. The molecule has 0 amide bonds. The molecule has 0 aromatic heterocycles. The molecule has 1 aliphatic carbocycles. The van der Waals surface area contributed by atoms with E-state index >= 15 is 0 Å². The fourth-order valence-corrected chi connectivity index (χ4v) is 5.35. The number of ether oxygens (including phenoxy) is 1. The standard InChI is InChI=1S/C30H33N3O2/c1-4-33(5-2)23-15-13-20(14-16-23)30-29-27(31-25-11-6-7-12-26(25)32-30)18-22(19-28(29)34)21-9-8-10-24(17-21)35-3/h6-18,22,29-32H,4-5,19H2,1-3H3. The van der Waals surface area contributed by atoms with Gasteiger partial charge in [-0.1, -0.05) is 42.5 Å². The van der Waals surface area contributed by atoms with Gasteiger partial charge in [-0.15, -0.1) is 0 Å². The van der Waals surface area contributed by atoms with Crippen molar-refractivity contribution in [3.8, 4) is 5.75 Å². The Hall–Kier alpha value is -3.73. The van der Waals surface area contributed by atoms with E-state index in [9.17, 15) is 4.79 Å². The molecule has 1 heterocycles. The summed E-state index contributed by atoms with van der Waals surface area (Å²) < 4.78 is 5.43. The van der Waals surface area contributed by atoms with Crippen molar-refractivity contribution in [2.24, 2.45) is 5.92 Å². The third kappa shape index (κ3) is 4.51. The van der Waals surface area contributed by atoms with E-state index in [1.807, 2.05) is 30.3 Å². The monoisotopic (exact) mass is 467 g/mol. The molecule has 5 rings (SSSR count). The van der Waals surface area contributed by atoms with Gasteiger partial charge < -0.3 is 20.3 Å². The van der Waals surface area contributed by atoms with Gasteiger partial charge in [-0.2, -0.15) is 0 Å². The van der Waals surface area contributed by atoms with Crippen LogP contribution in [0.4, 0.5) is 17.1 Å². The molecule has 0 fully saturated rings. The van der Waals surface area contributed by atoms with Crippen LogP contribution in [0.5, 0.6) is 5.75 Å². The number of anilines is 3. The summed E-state index contributed by atoms with van der Waals surface area (Å²) in [5.74, 6) is 0.763. The van der Waals surface area contributed by atoms with Crippen molar-refractivity contribution in [2.45, 2.75) is 32.2 Å². The lowest BCUT2D eigenvalue weighted by molar-refractivity contribution is -0.122. The van der Waals surface area contributed by atoms with Crippen LogP contribution in [0, 0.1) is 5.92 Å². The topological polar surface area (TPSA) is 53.6 Å². The summed E-state index contributed by atoms with van der Waals surface area (Å²) >= 11 is 0. The number of Topliss-reactive ketones (excluding diaryl/α,β-unsaturated/α-hetero) is 1. The number of nitrogens with one attached hydrogen (secondary N) is 2. The molecule has 0 radical (unpaired) electrons. The first-order valence-corrected chi connectivity index (χ1v) is 12.5. The zero-order valence-corrected chi connectivity index (χ0v) is 20.6. The number of carbonyl (C=O) groups is 1. The van der Waals surface area contributed by atoms with E-state index in [1.54, 1.807) is 7.11 Å². The molecule has 180 valence electrons. The number of hydrogen-bond acceptors (Lipinski definition) is 5. The van der Waals surface area contributed by atoms with Crippen LogP contribution in [-0.4, -0.2) is 26.0 Å². The van der Waals surface area contributed by atoms with E-state index in [4.69, 9.17) is 4.74 Å². The number of para-hydroxylation sites is 2. The molecule has 3 aromatic carbocycles. The van der Waals surface area contributed by atoms with E-state index in [2.05, 4.69) is 77.9 Å². The lowest BCUT2D eigenvalue weighted by Gasteiger charge is -2.33. The van der Waals surface area contributed by atoms with Crippen LogP contribution >= 0.6 is 0 Å². The molecule has 3 atom stereocenters. The van der Waals surface area contributed by atoms with Crippen molar-refractivity contribution >= 4 is 22.8 Å². The van der Waals surface area contributed by atoms with Crippen LogP contribution in [0.15, 0.2) is 84.6 Å². The van der Waals surface area contributed by atoms with Gasteiger partial charge in [0.1, 0.15) is 11.5 Å².